The molecule has 3 aromatic rings. The molecular formula is C29H33ClF4N2O2S. The van der Waals surface area contributed by atoms with Crippen molar-refractivity contribution in [3.8, 4) is 5.75 Å². The van der Waals surface area contributed by atoms with Gasteiger partial charge in [-0.1, -0.05) is 23.7 Å². The van der Waals surface area contributed by atoms with Gasteiger partial charge >= 0.3 is 6.18 Å². The van der Waals surface area contributed by atoms with Gasteiger partial charge in [0.25, 0.3) is 0 Å². The van der Waals surface area contributed by atoms with Gasteiger partial charge in [-0.3, -0.25) is 4.98 Å². The van der Waals surface area contributed by atoms with Crippen LogP contribution in [-0.4, -0.2) is 54.1 Å². The Morgan fingerprint density at radius 1 is 1.18 bits per heavy atom. The van der Waals surface area contributed by atoms with Crippen molar-refractivity contribution in [2.45, 2.75) is 49.3 Å². The smallest absolute Gasteiger partial charge is 0.417 e. The molecule has 39 heavy (non-hydrogen) atoms. The molecule has 1 aliphatic rings. The van der Waals surface area contributed by atoms with Crippen molar-refractivity contribution in [3.05, 3.63) is 64.8 Å². The molecule has 2 heterocycles. The van der Waals surface area contributed by atoms with E-state index in [0.717, 1.165) is 45.0 Å². The maximum absolute atomic E-state index is 15.6. The summed E-state index contributed by atoms with van der Waals surface area (Å²) in [6.45, 7) is 2.28. The summed E-state index contributed by atoms with van der Waals surface area (Å²) < 4.78 is 60.5. The van der Waals surface area contributed by atoms with Gasteiger partial charge in [-0.25, -0.2) is 4.39 Å². The molecule has 0 aliphatic carbocycles. The molecule has 1 fully saturated rings. The highest BCUT2D eigenvalue weighted by molar-refractivity contribution is 7.99. The predicted molar refractivity (Wildman–Crippen MR) is 148 cm³/mol. The molecule has 2 aromatic carbocycles. The van der Waals surface area contributed by atoms with Crippen molar-refractivity contribution >= 4 is 34.3 Å². The van der Waals surface area contributed by atoms with E-state index in [1.54, 1.807) is 31.4 Å². The average Bonchev–Trinajstić information content (AvgIpc) is 2.94. The number of pyridine rings is 1. The Balaban J connectivity index is 1.29. The van der Waals surface area contributed by atoms with Crippen LogP contribution >= 0.6 is 23.4 Å². The van der Waals surface area contributed by atoms with E-state index in [1.165, 1.54) is 30.1 Å². The summed E-state index contributed by atoms with van der Waals surface area (Å²) in [7, 11) is 1.55. The Morgan fingerprint density at radius 3 is 2.62 bits per heavy atom. The lowest BCUT2D eigenvalue weighted by Gasteiger charge is -2.41. The molecule has 1 aromatic heterocycles. The number of nitrogens with zero attached hydrogens (tertiary/aromatic N) is 2. The molecule has 4 nitrogen and oxygen atoms in total. The Bertz CT molecular complexity index is 1250. The Morgan fingerprint density at radius 2 is 1.92 bits per heavy atom. The fraction of sp³-hybridized carbons (Fsp3) is 0.483. The van der Waals surface area contributed by atoms with E-state index < -0.39 is 17.9 Å². The highest BCUT2D eigenvalue weighted by Crippen LogP contribution is 2.42. The van der Waals surface area contributed by atoms with Gasteiger partial charge in [0, 0.05) is 28.6 Å². The van der Waals surface area contributed by atoms with Gasteiger partial charge in [0.2, 0.25) is 0 Å². The van der Waals surface area contributed by atoms with E-state index >= 15 is 4.39 Å². The number of benzene rings is 2. The van der Waals surface area contributed by atoms with E-state index in [0.29, 0.717) is 34.4 Å². The number of halogens is 5. The van der Waals surface area contributed by atoms with Crippen LogP contribution in [-0.2, 0) is 6.18 Å². The number of aromatic nitrogens is 1. The lowest BCUT2D eigenvalue weighted by Crippen LogP contribution is -2.42. The Hall–Kier alpha value is -2.07. The monoisotopic (exact) mass is 584 g/mol. The first-order valence-corrected chi connectivity index (χ1v) is 14.4. The van der Waals surface area contributed by atoms with Crippen LogP contribution in [0.4, 0.5) is 17.6 Å². The van der Waals surface area contributed by atoms with Crippen LogP contribution in [0.2, 0.25) is 5.02 Å². The van der Waals surface area contributed by atoms with Gasteiger partial charge in [-0.15, -0.1) is 11.8 Å². The summed E-state index contributed by atoms with van der Waals surface area (Å²) in [6.07, 6.45) is -1.22. The zero-order chi connectivity index (χ0) is 28.0. The van der Waals surface area contributed by atoms with Crippen LogP contribution in [0.1, 0.15) is 49.4 Å². The second kappa shape index (κ2) is 13.1. The number of rotatable bonds is 11. The molecule has 1 aliphatic heterocycles. The number of aliphatic hydroxyl groups excluding tert-OH is 1. The molecule has 1 saturated heterocycles. The van der Waals surface area contributed by atoms with E-state index in [2.05, 4.69) is 9.88 Å². The minimum absolute atomic E-state index is 0.0176. The number of hydrogen-bond acceptors (Lipinski definition) is 5. The van der Waals surface area contributed by atoms with Crippen LogP contribution < -0.4 is 4.74 Å². The normalized spacial score (nSPS) is 16.9. The van der Waals surface area contributed by atoms with Gasteiger partial charge < -0.3 is 14.7 Å². The Labute approximate surface area is 235 Å². The third-order valence-corrected chi connectivity index (χ3v) is 9.09. The second-order valence-corrected chi connectivity index (χ2v) is 11.6. The third-order valence-electron chi connectivity index (χ3n) is 7.63. The zero-order valence-corrected chi connectivity index (χ0v) is 23.4. The maximum atomic E-state index is 15.6. The van der Waals surface area contributed by atoms with Crippen LogP contribution in [0.25, 0.3) is 10.9 Å². The first-order valence-electron chi connectivity index (χ1n) is 13.0. The van der Waals surface area contributed by atoms with Gasteiger partial charge in [0.1, 0.15) is 11.9 Å². The highest BCUT2D eigenvalue weighted by Gasteiger charge is 2.35. The summed E-state index contributed by atoms with van der Waals surface area (Å²) in [4.78, 5) is 6.83. The van der Waals surface area contributed by atoms with E-state index in [1.807, 2.05) is 0 Å². The van der Waals surface area contributed by atoms with E-state index in [9.17, 15) is 18.3 Å². The summed E-state index contributed by atoms with van der Waals surface area (Å²) in [6, 6.07) is 11.0. The molecule has 0 saturated carbocycles. The highest BCUT2D eigenvalue weighted by atomic mass is 35.5. The van der Waals surface area contributed by atoms with Crippen molar-refractivity contribution in [1.82, 2.24) is 9.88 Å². The summed E-state index contributed by atoms with van der Waals surface area (Å²) >= 11 is 7.61. The maximum Gasteiger partial charge on any atom is 0.417 e. The molecule has 10 heteroatoms. The number of hydrogen-bond donors (Lipinski definition) is 1. The summed E-state index contributed by atoms with van der Waals surface area (Å²) in [5, 5.41) is 11.1. The molecule has 212 valence electrons. The minimum atomic E-state index is -4.36. The number of fused-ring (bicyclic) bond motifs is 1. The zero-order valence-electron chi connectivity index (χ0n) is 21.8. The molecule has 4 rings (SSSR count). The number of alkyl halides is 4. The first-order chi connectivity index (χ1) is 18.7. The standard InChI is InChI=1S/C29H33ClF4N2O2S/c1-38-20-7-8-25-21(17-20)27(23(30)18-35-25)24(31)9-10-28(19-37)11-14-36(15-12-28)13-4-16-39-26-6-3-2-5-22(26)29(32,33)34/h2-3,5-8,17-18,24,37H,4,9-16,19H2,1H3/t24-/m1/s1. The van der Waals surface area contributed by atoms with Gasteiger partial charge in [-0.2, -0.15) is 13.2 Å². The molecule has 1 N–H and O–H groups in total. The molecular weight excluding hydrogens is 552 g/mol. The fourth-order valence-corrected chi connectivity index (χ4v) is 6.50. The summed E-state index contributed by atoms with van der Waals surface area (Å²) in [5.74, 6) is 1.19. The summed E-state index contributed by atoms with van der Waals surface area (Å²) in [5.41, 5.74) is 0.0830. The van der Waals surface area contributed by atoms with Crippen molar-refractivity contribution < 1.29 is 27.4 Å². The van der Waals surface area contributed by atoms with Crippen molar-refractivity contribution in [3.63, 3.8) is 0 Å². The van der Waals surface area contributed by atoms with Gasteiger partial charge in [0.15, 0.2) is 0 Å². The molecule has 0 radical (unpaired) electrons. The van der Waals surface area contributed by atoms with Crippen LogP contribution in [0.3, 0.4) is 0 Å². The second-order valence-electron chi connectivity index (χ2n) is 10.1. The third kappa shape index (κ3) is 7.37. The lowest BCUT2D eigenvalue weighted by atomic mass is 9.74. The fourth-order valence-electron chi connectivity index (χ4n) is 5.23. The van der Waals surface area contributed by atoms with Gasteiger partial charge in [-0.05, 0) is 93.2 Å². The molecule has 1 atom stereocenters. The Kier molecular flexibility index (Phi) is 10.0. The number of likely N-dealkylation sites (tertiary alicyclic amines) is 1. The van der Waals surface area contributed by atoms with Crippen molar-refractivity contribution in [1.29, 1.82) is 0 Å². The largest absolute Gasteiger partial charge is 0.497 e. The number of piperidine rings is 1. The molecule has 0 spiro atoms. The van der Waals surface area contributed by atoms with E-state index in [-0.39, 0.29) is 28.4 Å². The van der Waals surface area contributed by atoms with Crippen LogP contribution in [0, 0.1) is 5.41 Å². The van der Waals surface area contributed by atoms with Crippen molar-refractivity contribution in [2.24, 2.45) is 5.41 Å². The van der Waals surface area contributed by atoms with Crippen LogP contribution in [0.5, 0.6) is 5.75 Å². The minimum Gasteiger partial charge on any atom is -0.497 e. The number of methoxy groups -OCH3 is 1. The molecule has 0 amide bonds. The molecule has 0 bridgehead atoms. The SMILES string of the molecule is COc1ccc2ncc(Cl)c([C@H](F)CCC3(CO)CCN(CCCSc4ccccc4C(F)(F)F)CC3)c2c1. The van der Waals surface area contributed by atoms with E-state index in [4.69, 9.17) is 16.3 Å². The lowest BCUT2D eigenvalue weighted by molar-refractivity contribution is -0.139. The van der Waals surface area contributed by atoms with Crippen LogP contribution in [0.15, 0.2) is 53.6 Å². The topological polar surface area (TPSA) is 45.6 Å². The number of ether oxygens (including phenoxy) is 1. The average molecular weight is 585 g/mol. The first kappa shape index (κ1) is 29.9. The number of aliphatic hydroxyl groups is 1. The number of thioether (sulfide) groups is 1. The van der Waals surface area contributed by atoms with Crippen molar-refractivity contribution in [2.75, 3.05) is 39.1 Å². The van der Waals surface area contributed by atoms with Gasteiger partial charge in [0.05, 0.1) is 23.2 Å². The quantitative estimate of drug-likeness (QED) is 0.141. The molecule has 0 unspecified atom stereocenters. The predicted octanol–water partition coefficient (Wildman–Crippen LogP) is 7.96.